The third-order valence-electron chi connectivity index (χ3n) is 3.59. The maximum Gasteiger partial charge on any atom is 0.256 e. The van der Waals surface area contributed by atoms with Crippen molar-refractivity contribution in [2.75, 3.05) is 6.61 Å². The lowest BCUT2D eigenvalue weighted by molar-refractivity contribution is -0.585. The third-order valence-corrected chi connectivity index (χ3v) is 3.59. The molecule has 1 aliphatic heterocycles. The Morgan fingerprint density at radius 3 is 3.00 bits per heavy atom. The van der Waals surface area contributed by atoms with Gasteiger partial charge in [-0.1, -0.05) is 12.5 Å². The smallest absolute Gasteiger partial charge is 0.256 e. The second kappa shape index (κ2) is 3.35. The summed E-state index contributed by atoms with van der Waals surface area (Å²) in [6.45, 7) is 4.14. The molecule has 3 atom stereocenters. The standard InChI is InChI=1S/C10H15NO3/c1-2-8-7-14-9-5-3-4-6-10(8,9)11(12)13/h2,8-9H,1,3-7H2/t8-,9?,10-/m0/s1. The molecule has 4 nitrogen and oxygen atoms in total. The SMILES string of the molecule is C=C[C@H]1COC2CCCC[C@@]21[N+](=O)[O-]. The Bertz CT molecular complexity index is 266. The minimum Gasteiger partial charge on any atom is -0.370 e. The number of ether oxygens (including phenoxy) is 1. The largest absolute Gasteiger partial charge is 0.370 e. The fourth-order valence-electron chi connectivity index (χ4n) is 2.78. The summed E-state index contributed by atoms with van der Waals surface area (Å²) >= 11 is 0. The first kappa shape index (κ1) is 9.65. The summed E-state index contributed by atoms with van der Waals surface area (Å²) in [5, 5.41) is 11.2. The summed E-state index contributed by atoms with van der Waals surface area (Å²) < 4.78 is 5.51. The molecule has 0 bridgehead atoms. The molecule has 0 N–H and O–H groups in total. The van der Waals surface area contributed by atoms with Crippen molar-refractivity contribution in [2.45, 2.75) is 37.3 Å². The number of hydrogen-bond donors (Lipinski definition) is 0. The molecule has 0 aromatic heterocycles. The zero-order chi connectivity index (χ0) is 10.2. The molecule has 2 fully saturated rings. The van der Waals surface area contributed by atoms with Crippen molar-refractivity contribution in [1.29, 1.82) is 0 Å². The van der Waals surface area contributed by atoms with Crippen LogP contribution in [0.5, 0.6) is 0 Å². The van der Waals surface area contributed by atoms with Gasteiger partial charge in [-0.25, -0.2) is 0 Å². The van der Waals surface area contributed by atoms with Crippen LogP contribution in [0.4, 0.5) is 0 Å². The topological polar surface area (TPSA) is 52.4 Å². The van der Waals surface area contributed by atoms with E-state index in [-0.39, 0.29) is 16.9 Å². The van der Waals surface area contributed by atoms with Crippen LogP contribution < -0.4 is 0 Å². The van der Waals surface area contributed by atoms with Crippen molar-refractivity contribution >= 4 is 0 Å². The molecule has 0 radical (unpaired) electrons. The molecule has 0 aromatic carbocycles. The van der Waals surface area contributed by atoms with E-state index in [9.17, 15) is 10.1 Å². The molecule has 1 saturated heterocycles. The molecule has 0 aromatic rings. The predicted molar refractivity (Wildman–Crippen MR) is 51.6 cm³/mol. The summed E-state index contributed by atoms with van der Waals surface area (Å²) in [4.78, 5) is 11.1. The molecule has 78 valence electrons. The summed E-state index contributed by atoms with van der Waals surface area (Å²) in [5.74, 6) is -0.109. The van der Waals surface area contributed by atoms with E-state index in [1.54, 1.807) is 6.08 Å². The van der Waals surface area contributed by atoms with Gasteiger partial charge in [0.05, 0.1) is 12.5 Å². The number of nitro groups is 1. The third kappa shape index (κ3) is 1.10. The van der Waals surface area contributed by atoms with Gasteiger partial charge in [0, 0.05) is 11.3 Å². The average molecular weight is 197 g/mol. The Kier molecular flexibility index (Phi) is 2.31. The van der Waals surface area contributed by atoms with Crippen LogP contribution in [-0.2, 0) is 4.74 Å². The summed E-state index contributed by atoms with van der Waals surface area (Å²) in [6.07, 6.45) is 4.95. The van der Waals surface area contributed by atoms with Crippen molar-refractivity contribution in [1.82, 2.24) is 0 Å². The van der Waals surface area contributed by atoms with Gasteiger partial charge in [0.2, 0.25) is 0 Å². The molecule has 1 saturated carbocycles. The van der Waals surface area contributed by atoms with Crippen molar-refractivity contribution in [2.24, 2.45) is 5.92 Å². The summed E-state index contributed by atoms with van der Waals surface area (Å²) in [7, 11) is 0. The Labute approximate surface area is 83.1 Å². The van der Waals surface area contributed by atoms with Crippen molar-refractivity contribution in [3.63, 3.8) is 0 Å². The average Bonchev–Trinajstić information content (AvgIpc) is 2.57. The lowest BCUT2D eigenvalue weighted by atomic mass is 9.73. The maximum absolute atomic E-state index is 11.2. The number of hydrogen-bond acceptors (Lipinski definition) is 3. The fraction of sp³-hybridized carbons (Fsp3) is 0.800. The van der Waals surface area contributed by atoms with Crippen LogP contribution in [0.15, 0.2) is 12.7 Å². The second-order valence-corrected chi connectivity index (χ2v) is 4.16. The van der Waals surface area contributed by atoms with Gasteiger partial charge in [-0.3, -0.25) is 10.1 Å². The van der Waals surface area contributed by atoms with Crippen molar-refractivity contribution in [3.8, 4) is 0 Å². The van der Waals surface area contributed by atoms with E-state index in [4.69, 9.17) is 4.74 Å². The quantitative estimate of drug-likeness (QED) is 0.385. The van der Waals surface area contributed by atoms with Crippen LogP contribution in [0.2, 0.25) is 0 Å². The second-order valence-electron chi connectivity index (χ2n) is 4.16. The van der Waals surface area contributed by atoms with Crippen LogP contribution in [-0.4, -0.2) is 23.2 Å². The van der Waals surface area contributed by atoms with Gasteiger partial charge in [-0.2, -0.15) is 0 Å². The molecular formula is C10H15NO3. The van der Waals surface area contributed by atoms with Gasteiger partial charge in [0.25, 0.3) is 5.54 Å². The molecule has 4 heteroatoms. The molecule has 14 heavy (non-hydrogen) atoms. The van der Waals surface area contributed by atoms with E-state index in [0.717, 1.165) is 19.3 Å². The van der Waals surface area contributed by atoms with Crippen molar-refractivity contribution in [3.05, 3.63) is 22.8 Å². The minimum absolute atomic E-state index is 0.109. The fourth-order valence-corrected chi connectivity index (χ4v) is 2.78. The number of fused-ring (bicyclic) bond motifs is 1. The van der Waals surface area contributed by atoms with Crippen LogP contribution >= 0.6 is 0 Å². The lowest BCUT2D eigenvalue weighted by Crippen LogP contribution is -2.52. The first-order valence-corrected chi connectivity index (χ1v) is 5.10. The van der Waals surface area contributed by atoms with Gasteiger partial charge in [0.15, 0.2) is 0 Å². The van der Waals surface area contributed by atoms with E-state index in [0.29, 0.717) is 13.0 Å². The van der Waals surface area contributed by atoms with Crippen LogP contribution in [0.3, 0.4) is 0 Å². The maximum atomic E-state index is 11.2. The van der Waals surface area contributed by atoms with Crippen LogP contribution in [0, 0.1) is 16.0 Å². The van der Waals surface area contributed by atoms with E-state index in [2.05, 4.69) is 6.58 Å². The Morgan fingerprint density at radius 1 is 1.57 bits per heavy atom. The molecule has 0 spiro atoms. The zero-order valence-corrected chi connectivity index (χ0v) is 8.15. The van der Waals surface area contributed by atoms with Crippen LogP contribution in [0.25, 0.3) is 0 Å². The molecule has 2 aliphatic rings. The van der Waals surface area contributed by atoms with E-state index < -0.39 is 5.54 Å². The molecule has 2 rings (SSSR count). The number of nitrogens with zero attached hydrogens (tertiary/aromatic N) is 1. The Hall–Kier alpha value is -0.900. The van der Waals surface area contributed by atoms with Gasteiger partial charge in [-0.05, 0) is 12.8 Å². The molecule has 1 heterocycles. The molecule has 0 amide bonds. The first-order valence-electron chi connectivity index (χ1n) is 5.10. The first-order chi connectivity index (χ1) is 6.71. The summed E-state index contributed by atoms with van der Waals surface area (Å²) in [6, 6.07) is 0. The van der Waals surface area contributed by atoms with Gasteiger partial charge >= 0.3 is 0 Å². The highest BCUT2D eigenvalue weighted by atomic mass is 16.6. The Morgan fingerprint density at radius 2 is 2.36 bits per heavy atom. The highest BCUT2D eigenvalue weighted by Gasteiger charge is 2.61. The normalized spacial score (nSPS) is 41.7. The molecular weight excluding hydrogens is 182 g/mol. The van der Waals surface area contributed by atoms with Gasteiger partial charge in [-0.15, -0.1) is 6.58 Å². The Balaban J connectivity index is 2.34. The monoisotopic (exact) mass is 197 g/mol. The minimum atomic E-state index is -0.861. The van der Waals surface area contributed by atoms with Crippen molar-refractivity contribution < 1.29 is 9.66 Å². The van der Waals surface area contributed by atoms with E-state index in [1.165, 1.54) is 0 Å². The van der Waals surface area contributed by atoms with E-state index in [1.807, 2.05) is 0 Å². The lowest BCUT2D eigenvalue weighted by Gasteiger charge is -2.32. The molecule has 1 unspecified atom stereocenters. The van der Waals surface area contributed by atoms with Gasteiger partial charge < -0.3 is 4.74 Å². The highest BCUT2D eigenvalue weighted by molar-refractivity contribution is 5.06. The zero-order valence-electron chi connectivity index (χ0n) is 8.15. The highest BCUT2D eigenvalue weighted by Crippen LogP contribution is 2.44. The van der Waals surface area contributed by atoms with Crippen LogP contribution in [0.1, 0.15) is 25.7 Å². The predicted octanol–water partition coefficient (Wildman–Crippen LogP) is 1.78. The molecule has 1 aliphatic carbocycles. The van der Waals surface area contributed by atoms with Gasteiger partial charge in [0.1, 0.15) is 6.10 Å². The van der Waals surface area contributed by atoms with E-state index >= 15 is 0 Å². The summed E-state index contributed by atoms with van der Waals surface area (Å²) in [5.41, 5.74) is -0.861. The number of rotatable bonds is 2.